The molecule has 2 aromatic rings. The molecule has 1 aromatic carbocycles. The van der Waals surface area contributed by atoms with Crippen LogP contribution in [-0.2, 0) is 6.42 Å². The number of thiophene rings is 1. The summed E-state index contributed by atoms with van der Waals surface area (Å²) in [5.41, 5.74) is 1.13. The highest BCUT2D eigenvalue weighted by Crippen LogP contribution is 2.18. The van der Waals surface area contributed by atoms with Gasteiger partial charge in [0.25, 0.3) is 0 Å². The van der Waals surface area contributed by atoms with Gasteiger partial charge in [-0.2, -0.15) is 0 Å². The van der Waals surface area contributed by atoms with Gasteiger partial charge in [-0.15, -0.1) is 11.3 Å². The summed E-state index contributed by atoms with van der Waals surface area (Å²) in [6.45, 7) is 4.19. The Balaban J connectivity index is 1.96. The molecule has 0 unspecified atom stereocenters. The number of ketones is 1. The van der Waals surface area contributed by atoms with Gasteiger partial charge in [0.1, 0.15) is 5.75 Å². The van der Waals surface area contributed by atoms with E-state index in [9.17, 15) is 4.79 Å². The van der Waals surface area contributed by atoms with E-state index >= 15 is 0 Å². The van der Waals surface area contributed by atoms with E-state index in [2.05, 4.69) is 6.92 Å². The van der Waals surface area contributed by atoms with E-state index in [4.69, 9.17) is 4.74 Å². The van der Waals surface area contributed by atoms with Gasteiger partial charge in [-0.1, -0.05) is 19.1 Å². The number of carbonyl (C=O) groups is 1. The third-order valence-electron chi connectivity index (χ3n) is 2.64. The van der Waals surface area contributed by atoms with Gasteiger partial charge in [0.15, 0.2) is 6.61 Å². The highest BCUT2D eigenvalue weighted by molar-refractivity contribution is 7.14. The van der Waals surface area contributed by atoms with E-state index in [0.717, 1.165) is 22.6 Å². The largest absolute Gasteiger partial charge is 0.485 e. The van der Waals surface area contributed by atoms with Gasteiger partial charge in [0.05, 0.1) is 4.88 Å². The summed E-state index contributed by atoms with van der Waals surface area (Å²) in [4.78, 5) is 13.9. The Hall–Kier alpha value is -1.61. The molecule has 0 spiro atoms. The molecular formula is C15H16O2S. The molecule has 0 bridgehead atoms. The van der Waals surface area contributed by atoms with Crippen LogP contribution in [0.4, 0.5) is 0 Å². The number of ether oxygens (including phenoxy) is 1. The van der Waals surface area contributed by atoms with Gasteiger partial charge < -0.3 is 4.74 Å². The van der Waals surface area contributed by atoms with Crippen molar-refractivity contribution in [2.45, 2.75) is 20.3 Å². The summed E-state index contributed by atoms with van der Waals surface area (Å²) in [6.07, 6.45) is 0.969. The van der Waals surface area contributed by atoms with Crippen molar-refractivity contribution in [3.63, 3.8) is 0 Å². The Morgan fingerprint density at radius 1 is 1.28 bits per heavy atom. The standard InChI is InChI=1S/C15H16O2S/c1-3-13-7-8-15(18-13)14(16)10-17-12-6-4-5-11(2)9-12/h4-9H,3,10H2,1-2H3. The lowest BCUT2D eigenvalue weighted by Gasteiger charge is -2.05. The second-order valence-electron chi connectivity index (χ2n) is 4.15. The minimum atomic E-state index is 0.0428. The van der Waals surface area contributed by atoms with Crippen LogP contribution in [0.1, 0.15) is 27.0 Å². The fourth-order valence-corrected chi connectivity index (χ4v) is 2.51. The minimum absolute atomic E-state index is 0.0428. The summed E-state index contributed by atoms with van der Waals surface area (Å²) in [5, 5.41) is 0. The maximum Gasteiger partial charge on any atom is 0.210 e. The van der Waals surface area contributed by atoms with Crippen LogP contribution in [0.15, 0.2) is 36.4 Å². The van der Waals surface area contributed by atoms with Crippen LogP contribution in [0, 0.1) is 6.92 Å². The van der Waals surface area contributed by atoms with Crippen molar-refractivity contribution in [3.8, 4) is 5.75 Å². The zero-order valence-electron chi connectivity index (χ0n) is 10.6. The quantitative estimate of drug-likeness (QED) is 0.763. The first-order valence-electron chi connectivity index (χ1n) is 6.00. The fourth-order valence-electron chi connectivity index (χ4n) is 1.64. The van der Waals surface area contributed by atoms with Crippen molar-refractivity contribution in [3.05, 3.63) is 51.7 Å². The fraction of sp³-hybridized carbons (Fsp3) is 0.267. The van der Waals surface area contributed by atoms with Crippen LogP contribution < -0.4 is 4.74 Å². The number of Topliss-reactive ketones (excluding diaryl/α,β-unsaturated/α-hetero) is 1. The van der Waals surface area contributed by atoms with Crippen LogP contribution in [0.3, 0.4) is 0 Å². The number of hydrogen-bond acceptors (Lipinski definition) is 3. The van der Waals surface area contributed by atoms with Crippen LogP contribution >= 0.6 is 11.3 Å². The summed E-state index contributed by atoms with van der Waals surface area (Å²) in [7, 11) is 0. The van der Waals surface area contributed by atoms with Gasteiger partial charge >= 0.3 is 0 Å². The molecule has 3 heteroatoms. The van der Waals surface area contributed by atoms with E-state index in [0.29, 0.717) is 0 Å². The van der Waals surface area contributed by atoms with Crippen molar-refractivity contribution in [2.75, 3.05) is 6.61 Å². The van der Waals surface area contributed by atoms with Crippen LogP contribution in [0.2, 0.25) is 0 Å². The van der Waals surface area contributed by atoms with Crippen molar-refractivity contribution in [2.24, 2.45) is 0 Å². The molecule has 0 atom stereocenters. The number of rotatable bonds is 5. The molecule has 0 fully saturated rings. The first-order chi connectivity index (χ1) is 8.69. The second-order valence-corrected chi connectivity index (χ2v) is 5.32. The number of carbonyl (C=O) groups excluding carboxylic acids is 1. The molecule has 2 nitrogen and oxygen atoms in total. The van der Waals surface area contributed by atoms with Crippen LogP contribution in [0.25, 0.3) is 0 Å². The van der Waals surface area contributed by atoms with E-state index in [1.165, 1.54) is 4.88 Å². The molecule has 0 radical (unpaired) electrons. The Kier molecular flexibility index (Phi) is 4.15. The summed E-state index contributed by atoms with van der Waals surface area (Å²) >= 11 is 1.55. The monoisotopic (exact) mass is 260 g/mol. The first kappa shape index (κ1) is 12.8. The van der Waals surface area contributed by atoms with Crippen molar-refractivity contribution in [1.29, 1.82) is 0 Å². The normalized spacial score (nSPS) is 10.3. The molecule has 0 N–H and O–H groups in total. The van der Waals surface area contributed by atoms with E-state index in [1.54, 1.807) is 11.3 Å². The highest BCUT2D eigenvalue weighted by atomic mass is 32.1. The molecule has 0 saturated carbocycles. The summed E-state index contributed by atoms with van der Waals surface area (Å²) in [6, 6.07) is 11.6. The average molecular weight is 260 g/mol. The molecule has 1 aromatic heterocycles. The second kappa shape index (κ2) is 5.83. The molecule has 1 heterocycles. The molecule has 0 aliphatic rings. The minimum Gasteiger partial charge on any atom is -0.485 e. The van der Waals surface area contributed by atoms with Crippen molar-refractivity contribution in [1.82, 2.24) is 0 Å². The summed E-state index contributed by atoms with van der Waals surface area (Å²) in [5.74, 6) is 0.789. The van der Waals surface area contributed by atoms with Crippen molar-refractivity contribution >= 4 is 17.1 Å². The van der Waals surface area contributed by atoms with Crippen LogP contribution in [0.5, 0.6) is 5.75 Å². The lowest BCUT2D eigenvalue weighted by atomic mass is 10.2. The number of aryl methyl sites for hydroxylation is 2. The maximum absolute atomic E-state index is 11.9. The third kappa shape index (κ3) is 3.20. The average Bonchev–Trinajstić information content (AvgIpc) is 2.85. The smallest absolute Gasteiger partial charge is 0.210 e. The SMILES string of the molecule is CCc1ccc(C(=O)COc2cccc(C)c2)s1. The third-order valence-corrected chi connectivity index (χ3v) is 3.92. The van der Waals surface area contributed by atoms with Crippen LogP contribution in [-0.4, -0.2) is 12.4 Å². The van der Waals surface area contributed by atoms with Gasteiger partial charge in [-0.25, -0.2) is 0 Å². The van der Waals surface area contributed by atoms with E-state index in [1.807, 2.05) is 43.3 Å². The van der Waals surface area contributed by atoms with Gasteiger partial charge in [0, 0.05) is 4.88 Å². The van der Waals surface area contributed by atoms with E-state index < -0.39 is 0 Å². The van der Waals surface area contributed by atoms with Gasteiger partial charge in [-0.3, -0.25) is 4.79 Å². The Labute approximate surface area is 111 Å². The Morgan fingerprint density at radius 3 is 2.78 bits per heavy atom. The number of hydrogen-bond donors (Lipinski definition) is 0. The topological polar surface area (TPSA) is 26.3 Å². The number of benzene rings is 1. The summed E-state index contributed by atoms with van der Waals surface area (Å²) < 4.78 is 5.50. The zero-order chi connectivity index (χ0) is 13.0. The van der Waals surface area contributed by atoms with Gasteiger partial charge in [-0.05, 0) is 43.2 Å². The lowest BCUT2D eigenvalue weighted by Crippen LogP contribution is -2.10. The first-order valence-corrected chi connectivity index (χ1v) is 6.82. The van der Waals surface area contributed by atoms with E-state index in [-0.39, 0.29) is 12.4 Å². The predicted octanol–water partition coefficient (Wildman–Crippen LogP) is 3.88. The molecule has 0 saturated heterocycles. The molecule has 2 rings (SSSR count). The molecule has 0 aliphatic heterocycles. The molecule has 18 heavy (non-hydrogen) atoms. The molecular weight excluding hydrogens is 244 g/mol. The Bertz CT molecular complexity index is 543. The van der Waals surface area contributed by atoms with Crippen molar-refractivity contribution < 1.29 is 9.53 Å². The lowest BCUT2D eigenvalue weighted by molar-refractivity contribution is 0.0925. The maximum atomic E-state index is 11.9. The molecule has 0 amide bonds. The molecule has 0 aliphatic carbocycles. The van der Waals surface area contributed by atoms with Gasteiger partial charge in [0.2, 0.25) is 5.78 Å². The Morgan fingerprint density at radius 2 is 2.11 bits per heavy atom. The molecule has 94 valence electrons. The zero-order valence-corrected chi connectivity index (χ0v) is 11.4. The highest BCUT2D eigenvalue weighted by Gasteiger charge is 2.09. The predicted molar refractivity (Wildman–Crippen MR) is 74.7 cm³/mol.